The molecule has 0 saturated heterocycles. The van der Waals surface area contributed by atoms with Gasteiger partial charge in [0.2, 0.25) is 0 Å². The van der Waals surface area contributed by atoms with Gasteiger partial charge < -0.3 is 5.32 Å². The maximum Gasteiger partial charge on any atom is 0.252 e. The van der Waals surface area contributed by atoms with E-state index >= 15 is 0 Å². The summed E-state index contributed by atoms with van der Waals surface area (Å²) in [6.45, 7) is 3.07. The lowest BCUT2D eigenvalue weighted by Gasteiger charge is -2.16. The fraction of sp³-hybridized carbons (Fsp3) is 0.333. The highest BCUT2D eigenvalue weighted by molar-refractivity contribution is 7.91. The first kappa shape index (κ1) is 16.2. The fourth-order valence-corrected chi connectivity index (χ4v) is 4.69. The Labute approximate surface area is 130 Å². The van der Waals surface area contributed by atoms with Gasteiger partial charge in [0.05, 0.1) is 0 Å². The molecule has 1 aromatic heterocycles. The number of aryl methyl sites for hydroxylation is 1. The zero-order valence-electron chi connectivity index (χ0n) is 12.5. The molecule has 0 fully saturated rings. The Hall–Kier alpha value is -1.21. The first-order chi connectivity index (χ1) is 9.93. The van der Waals surface area contributed by atoms with E-state index in [1.165, 1.54) is 21.2 Å². The van der Waals surface area contributed by atoms with Gasteiger partial charge in [0.15, 0.2) is 0 Å². The van der Waals surface area contributed by atoms with Crippen LogP contribution in [-0.4, -0.2) is 26.8 Å². The molecule has 1 N–H and O–H groups in total. The van der Waals surface area contributed by atoms with E-state index in [0.29, 0.717) is 17.3 Å². The number of hydrogen-bond donors (Lipinski definition) is 1. The van der Waals surface area contributed by atoms with Crippen molar-refractivity contribution in [3.05, 3.63) is 52.4 Å². The van der Waals surface area contributed by atoms with E-state index in [9.17, 15) is 8.42 Å². The molecule has 4 nitrogen and oxygen atoms in total. The molecule has 0 atom stereocenters. The lowest BCUT2D eigenvalue weighted by atomic mass is 10.1. The van der Waals surface area contributed by atoms with Gasteiger partial charge in [-0.3, -0.25) is 0 Å². The van der Waals surface area contributed by atoms with Crippen molar-refractivity contribution in [3.63, 3.8) is 0 Å². The minimum Gasteiger partial charge on any atom is -0.315 e. The van der Waals surface area contributed by atoms with Crippen LogP contribution in [0, 0.1) is 6.92 Å². The van der Waals surface area contributed by atoms with Gasteiger partial charge in [-0.2, -0.15) is 4.31 Å². The summed E-state index contributed by atoms with van der Waals surface area (Å²) in [5.41, 5.74) is 2.15. The average Bonchev–Trinajstić information content (AvgIpc) is 2.91. The smallest absolute Gasteiger partial charge is 0.252 e. The molecule has 0 aliphatic heterocycles. The Bertz CT molecular complexity index is 691. The van der Waals surface area contributed by atoms with E-state index < -0.39 is 10.0 Å². The highest BCUT2D eigenvalue weighted by Crippen LogP contribution is 2.25. The summed E-state index contributed by atoms with van der Waals surface area (Å²) in [7, 11) is 0.0417. The van der Waals surface area contributed by atoms with Crippen LogP contribution in [0.5, 0.6) is 0 Å². The molecule has 0 saturated carbocycles. The maximum absolute atomic E-state index is 12.5. The molecule has 0 amide bonds. The van der Waals surface area contributed by atoms with E-state index in [1.807, 2.05) is 44.3 Å². The SMILES string of the molecule is CNCc1ccc(S(=O)(=O)N(C)Cc2ccc(C)cc2)s1. The summed E-state index contributed by atoms with van der Waals surface area (Å²) < 4.78 is 26.9. The summed E-state index contributed by atoms with van der Waals surface area (Å²) in [6.07, 6.45) is 0. The highest BCUT2D eigenvalue weighted by atomic mass is 32.2. The number of benzene rings is 1. The van der Waals surface area contributed by atoms with E-state index in [-0.39, 0.29) is 0 Å². The van der Waals surface area contributed by atoms with Crippen molar-refractivity contribution in [1.29, 1.82) is 0 Å². The zero-order valence-corrected chi connectivity index (χ0v) is 14.1. The van der Waals surface area contributed by atoms with Crippen molar-refractivity contribution in [1.82, 2.24) is 9.62 Å². The van der Waals surface area contributed by atoms with Crippen molar-refractivity contribution < 1.29 is 8.42 Å². The van der Waals surface area contributed by atoms with Crippen LogP contribution in [0.4, 0.5) is 0 Å². The van der Waals surface area contributed by atoms with E-state index in [0.717, 1.165) is 10.4 Å². The largest absolute Gasteiger partial charge is 0.315 e. The molecule has 0 unspecified atom stereocenters. The van der Waals surface area contributed by atoms with Crippen molar-refractivity contribution in [2.75, 3.05) is 14.1 Å². The van der Waals surface area contributed by atoms with Crippen LogP contribution >= 0.6 is 11.3 Å². The number of nitrogens with one attached hydrogen (secondary N) is 1. The van der Waals surface area contributed by atoms with Gasteiger partial charge in [-0.05, 0) is 31.7 Å². The minimum atomic E-state index is -3.42. The van der Waals surface area contributed by atoms with E-state index in [2.05, 4.69) is 5.32 Å². The van der Waals surface area contributed by atoms with Gasteiger partial charge in [0, 0.05) is 25.0 Å². The van der Waals surface area contributed by atoms with E-state index in [1.54, 1.807) is 13.1 Å². The summed E-state index contributed by atoms with van der Waals surface area (Å²) in [5.74, 6) is 0. The Morgan fingerprint density at radius 1 is 1.14 bits per heavy atom. The molecule has 0 spiro atoms. The quantitative estimate of drug-likeness (QED) is 0.888. The summed E-state index contributed by atoms with van der Waals surface area (Å²) in [4.78, 5) is 1.01. The lowest BCUT2D eigenvalue weighted by Crippen LogP contribution is -2.25. The van der Waals surface area contributed by atoms with Crippen LogP contribution in [0.25, 0.3) is 0 Å². The van der Waals surface area contributed by atoms with Crippen LogP contribution in [0.15, 0.2) is 40.6 Å². The number of thiophene rings is 1. The topological polar surface area (TPSA) is 49.4 Å². The zero-order chi connectivity index (χ0) is 15.5. The molecule has 0 aliphatic rings. The Kier molecular flexibility index (Phi) is 5.16. The van der Waals surface area contributed by atoms with Crippen LogP contribution in [0.3, 0.4) is 0 Å². The summed E-state index contributed by atoms with van der Waals surface area (Å²) in [6, 6.07) is 11.4. The van der Waals surface area contributed by atoms with Gasteiger partial charge in [0.1, 0.15) is 4.21 Å². The van der Waals surface area contributed by atoms with E-state index in [4.69, 9.17) is 0 Å². The van der Waals surface area contributed by atoms with Gasteiger partial charge in [0.25, 0.3) is 10.0 Å². The summed E-state index contributed by atoms with van der Waals surface area (Å²) in [5, 5.41) is 3.03. The molecule has 2 rings (SSSR count). The summed E-state index contributed by atoms with van der Waals surface area (Å²) >= 11 is 1.31. The van der Waals surface area contributed by atoms with Crippen molar-refractivity contribution >= 4 is 21.4 Å². The second kappa shape index (κ2) is 6.70. The maximum atomic E-state index is 12.5. The standard InChI is InChI=1S/C15H20N2O2S2/c1-12-4-6-13(7-5-12)11-17(3)21(18,19)15-9-8-14(20-15)10-16-2/h4-9,16H,10-11H2,1-3H3. The normalized spacial score (nSPS) is 12.0. The van der Waals surface area contributed by atoms with Gasteiger partial charge >= 0.3 is 0 Å². The molecule has 0 radical (unpaired) electrons. The minimum absolute atomic E-state index is 0.377. The van der Waals surface area contributed by atoms with Crippen molar-refractivity contribution in [3.8, 4) is 0 Å². The van der Waals surface area contributed by atoms with Crippen molar-refractivity contribution in [2.45, 2.75) is 24.2 Å². The number of rotatable bonds is 6. The van der Waals surface area contributed by atoms with Gasteiger partial charge in [-0.25, -0.2) is 8.42 Å². The Balaban J connectivity index is 2.15. The Morgan fingerprint density at radius 2 is 1.81 bits per heavy atom. The second-order valence-corrected chi connectivity index (χ2v) is 8.44. The molecule has 0 bridgehead atoms. The van der Waals surface area contributed by atoms with Crippen LogP contribution < -0.4 is 5.32 Å². The lowest BCUT2D eigenvalue weighted by molar-refractivity contribution is 0.468. The average molecular weight is 324 g/mol. The first-order valence-corrected chi connectivity index (χ1v) is 8.94. The fourth-order valence-electron chi connectivity index (χ4n) is 1.96. The van der Waals surface area contributed by atoms with Crippen LogP contribution in [0.1, 0.15) is 16.0 Å². The first-order valence-electron chi connectivity index (χ1n) is 6.68. The third-order valence-corrected chi connectivity index (χ3v) is 6.53. The molecule has 6 heteroatoms. The monoisotopic (exact) mass is 324 g/mol. The predicted octanol–water partition coefficient (Wildman–Crippen LogP) is 2.60. The number of nitrogens with zero attached hydrogens (tertiary/aromatic N) is 1. The van der Waals surface area contributed by atoms with Gasteiger partial charge in [-0.1, -0.05) is 29.8 Å². The molecule has 0 aliphatic carbocycles. The molecule has 21 heavy (non-hydrogen) atoms. The van der Waals surface area contributed by atoms with Crippen molar-refractivity contribution in [2.24, 2.45) is 0 Å². The molecular formula is C15H20N2O2S2. The molecule has 114 valence electrons. The van der Waals surface area contributed by atoms with Gasteiger partial charge in [-0.15, -0.1) is 11.3 Å². The molecule has 1 heterocycles. The van der Waals surface area contributed by atoms with Crippen LogP contribution in [-0.2, 0) is 23.1 Å². The third-order valence-electron chi connectivity index (χ3n) is 3.18. The predicted molar refractivity (Wildman–Crippen MR) is 86.9 cm³/mol. The second-order valence-electron chi connectivity index (χ2n) is 5.00. The highest BCUT2D eigenvalue weighted by Gasteiger charge is 2.22. The molecule has 1 aromatic carbocycles. The Morgan fingerprint density at radius 3 is 2.43 bits per heavy atom. The molecular weight excluding hydrogens is 304 g/mol. The number of sulfonamides is 1. The number of hydrogen-bond acceptors (Lipinski definition) is 4. The molecule has 2 aromatic rings. The third kappa shape index (κ3) is 3.91. The van der Waals surface area contributed by atoms with Crippen LogP contribution in [0.2, 0.25) is 0 Å².